The van der Waals surface area contributed by atoms with Gasteiger partial charge in [-0.1, -0.05) is 12.2 Å². The van der Waals surface area contributed by atoms with Gasteiger partial charge in [-0.05, 0) is 81.0 Å². The number of fused-ring (bicyclic) bond motifs is 2. The van der Waals surface area contributed by atoms with E-state index in [4.69, 9.17) is 4.74 Å². The molecule has 6 aliphatic rings. The van der Waals surface area contributed by atoms with Crippen LogP contribution in [0.5, 0.6) is 0 Å². The first-order valence-electron chi connectivity index (χ1n) is 10.7. The van der Waals surface area contributed by atoms with E-state index >= 15 is 0 Å². The van der Waals surface area contributed by atoms with Gasteiger partial charge in [-0.3, -0.25) is 0 Å². The fourth-order valence-corrected chi connectivity index (χ4v) is 7.41. The van der Waals surface area contributed by atoms with Crippen molar-refractivity contribution in [1.82, 2.24) is 9.97 Å². The van der Waals surface area contributed by atoms with Crippen LogP contribution in [0.1, 0.15) is 79.3 Å². The van der Waals surface area contributed by atoms with Crippen LogP contribution >= 0.6 is 0 Å². The molecule has 1 aromatic heterocycles. The van der Waals surface area contributed by atoms with E-state index in [-0.39, 0.29) is 11.3 Å². The standard InChI is InChI=1S/C22H28N2O3/c25-21(26)19-18(23-20(24-19)17-7-12-1-2-16(17)6-12)11-27-22-8-13-3-14(9-22)5-15(4-13)10-22/h1-2,12-17H,3-11H2,(H,23,24)(H,25,26). The van der Waals surface area contributed by atoms with Gasteiger partial charge in [0.15, 0.2) is 5.69 Å². The first kappa shape index (κ1) is 16.3. The van der Waals surface area contributed by atoms with Gasteiger partial charge < -0.3 is 14.8 Å². The second-order valence-corrected chi connectivity index (χ2v) is 10.0. The summed E-state index contributed by atoms with van der Waals surface area (Å²) in [5.41, 5.74) is 0.826. The lowest BCUT2D eigenvalue weighted by molar-refractivity contribution is -0.169. The smallest absolute Gasteiger partial charge is 0.356 e. The summed E-state index contributed by atoms with van der Waals surface area (Å²) in [6.07, 6.45) is 14.5. The number of carboxylic acid groups (broad SMARTS) is 1. The molecule has 7 rings (SSSR count). The van der Waals surface area contributed by atoms with Gasteiger partial charge in [-0.2, -0.15) is 0 Å². The average molecular weight is 368 g/mol. The third-order valence-corrected chi connectivity index (χ3v) is 8.13. The lowest BCUT2D eigenvalue weighted by atomic mass is 9.54. The molecule has 6 aliphatic carbocycles. The number of nitrogens with one attached hydrogen (secondary N) is 1. The minimum absolute atomic E-state index is 0.00897. The molecule has 27 heavy (non-hydrogen) atoms. The Kier molecular flexibility index (Phi) is 3.45. The predicted octanol–water partition coefficient (Wildman–Crippen LogP) is 4.27. The number of nitrogens with zero attached hydrogens (tertiary/aromatic N) is 1. The van der Waals surface area contributed by atoms with Gasteiger partial charge in [0.05, 0.1) is 17.9 Å². The summed E-state index contributed by atoms with van der Waals surface area (Å²) in [7, 11) is 0. The molecule has 3 unspecified atom stereocenters. The van der Waals surface area contributed by atoms with Gasteiger partial charge in [0.25, 0.3) is 0 Å². The van der Waals surface area contributed by atoms with Crippen molar-refractivity contribution in [2.45, 2.75) is 69.5 Å². The van der Waals surface area contributed by atoms with E-state index in [0.717, 1.165) is 30.0 Å². The summed E-state index contributed by atoms with van der Waals surface area (Å²) in [5, 5.41) is 9.66. The Balaban J connectivity index is 1.23. The topological polar surface area (TPSA) is 75.2 Å². The summed E-state index contributed by atoms with van der Waals surface area (Å²) in [6, 6.07) is 0. The second-order valence-electron chi connectivity index (χ2n) is 10.0. The number of H-pyrrole nitrogens is 1. The van der Waals surface area contributed by atoms with Crippen LogP contribution in [0.3, 0.4) is 0 Å². The van der Waals surface area contributed by atoms with Crippen LogP contribution in [0.4, 0.5) is 0 Å². The van der Waals surface area contributed by atoms with Crippen LogP contribution in [-0.2, 0) is 11.3 Å². The Bertz CT molecular complexity index is 775. The second kappa shape index (κ2) is 5.69. The number of carboxylic acids is 1. The molecule has 0 spiro atoms. The summed E-state index contributed by atoms with van der Waals surface area (Å²) >= 11 is 0. The number of aromatic amines is 1. The van der Waals surface area contributed by atoms with Crippen LogP contribution < -0.4 is 0 Å². The van der Waals surface area contributed by atoms with Gasteiger partial charge in [-0.15, -0.1) is 0 Å². The van der Waals surface area contributed by atoms with Crippen molar-refractivity contribution in [3.8, 4) is 0 Å². The number of hydrogen-bond acceptors (Lipinski definition) is 3. The fourth-order valence-electron chi connectivity index (χ4n) is 7.41. The van der Waals surface area contributed by atoms with E-state index in [2.05, 4.69) is 22.1 Å². The van der Waals surface area contributed by atoms with Gasteiger partial charge in [0.1, 0.15) is 5.82 Å². The highest BCUT2D eigenvalue weighted by molar-refractivity contribution is 5.86. The monoisotopic (exact) mass is 368 g/mol. The molecule has 0 aliphatic heterocycles. The number of allylic oxidation sites excluding steroid dienone is 2. The Morgan fingerprint density at radius 3 is 2.37 bits per heavy atom. The third-order valence-electron chi connectivity index (χ3n) is 8.13. The largest absolute Gasteiger partial charge is 0.476 e. The molecule has 5 saturated carbocycles. The number of hydrogen-bond donors (Lipinski definition) is 2. The van der Waals surface area contributed by atoms with Gasteiger partial charge in [-0.25, -0.2) is 9.78 Å². The zero-order valence-electron chi connectivity index (χ0n) is 15.7. The molecule has 1 aromatic rings. The van der Waals surface area contributed by atoms with Crippen LogP contribution in [0.25, 0.3) is 0 Å². The maximum Gasteiger partial charge on any atom is 0.356 e. The number of imidazole rings is 1. The zero-order chi connectivity index (χ0) is 18.2. The van der Waals surface area contributed by atoms with E-state index < -0.39 is 5.97 Å². The van der Waals surface area contributed by atoms with E-state index in [9.17, 15) is 9.90 Å². The van der Waals surface area contributed by atoms with Crippen LogP contribution in [0.2, 0.25) is 0 Å². The minimum atomic E-state index is -0.944. The van der Waals surface area contributed by atoms with Crippen LogP contribution in [0, 0.1) is 29.6 Å². The molecule has 2 N–H and O–H groups in total. The van der Waals surface area contributed by atoms with Crippen molar-refractivity contribution < 1.29 is 14.6 Å². The fraction of sp³-hybridized carbons (Fsp3) is 0.727. The van der Waals surface area contributed by atoms with Crippen molar-refractivity contribution in [3.05, 3.63) is 29.4 Å². The molecule has 5 heteroatoms. The maximum atomic E-state index is 11.8. The van der Waals surface area contributed by atoms with Crippen LogP contribution in [-0.4, -0.2) is 26.6 Å². The lowest BCUT2D eigenvalue weighted by Gasteiger charge is -2.56. The Hall–Kier alpha value is -1.62. The highest BCUT2D eigenvalue weighted by Crippen LogP contribution is 2.57. The maximum absolute atomic E-state index is 11.8. The Labute approximate surface area is 159 Å². The van der Waals surface area contributed by atoms with Crippen molar-refractivity contribution in [1.29, 1.82) is 0 Å². The van der Waals surface area contributed by atoms with E-state index in [1.54, 1.807) is 0 Å². The van der Waals surface area contributed by atoms with Crippen LogP contribution in [0.15, 0.2) is 12.2 Å². The molecular formula is C22H28N2O3. The minimum Gasteiger partial charge on any atom is -0.476 e. The summed E-state index contributed by atoms with van der Waals surface area (Å²) in [5.74, 6) is 3.89. The summed E-state index contributed by atoms with van der Waals surface area (Å²) < 4.78 is 6.51. The van der Waals surface area contributed by atoms with E-state index in [1.807, 2.05) is 0 Å². The number of carbonyl (C=O) groups is 1. The molecule has 0 aromatic carbocycles. The molecule has 0 saturated heterocycles. The van der Waals surface area contributed by atoms with E-state index in [1.165, 1.54) is 44.9 Å². The molecular weight excluding hydrogens is 340 g/mol. The van der Waals surface area contributed by atoms with Gasteiger partial charge in [0, 0.05) is 5.92 Å². The molecule has 6 bridgehead atoms. The quantitative estimate of drug-likeness (QED) is 0.761. The lowest BCUT2D eigenvalue weighted by Crippen LogP contribution is -2.51. The highest BCUT2D eigenvalue weighted by Gasteiger charge is 2.51. The molecule has 144 valence electrons. The SMILES string of the molecule is O=C(O)c1nc(C2CC3C=CC2C3)[nH]c1COC12CC3CC(CC(C3)C1)C2. The predicted molar refractivity (Wildman–Crippen MR) is 99.3 cm³/mol. The molecule has 3 atom stereocenters. The third kappa shape index (κ3) is 2.61. The number of aromatic carboxylic acids is 1. The first-order valence-corrected chi connectivity index (χ1v) is 10.7. The van der Waals surface area contributed by atoms with Crippen molar-refractivity contribution in [3.63, 3.8) is 0 Å². The summed E-state index contributed by atoms with van der Waals surface area (Å²) in [6.45, 7) is 0.359. The Morgan fingerprint density at radius 2 is 1.81 bits per heavy atom. The number of ether oxygens (including phenoxy) is 1. The molecule has 5 fully saturated rings. The Morgan fingerprint density at radius 1 is 1.11 bits per heavy atom. The number of aromatic nitrogens is 2. The number of rotatable bonds is 5. The van der Waals surface area contributed by atoms with E-state index in [0.29, 0.717) is 30.1 Å². The van der Waals surface area contributed by atoms with Gasteiger partial charge in [0.2, 0.25) is 0 Å². The summed E-state index contributed by atoms with van der Waals surface area (Å²) in [4.78, 5) is 19.7. The highest BCUT2D eigenvalue weighted by atomic mass is 16.5. The van der Waals surface area contributed by atoms with Gasteiger partial charge >= 0.3 is 5.97 Å². The first-order chi connectivity index (χ1) is 13.1. The van der Waals surface area contributed by atoms with Crippen molar-refractivity contribution in [2.75, 3.05) is 0 Å². The zero-order valence-corrected chi connectivity index (χ0v) is 15.7. The molecule has 0 amide bonds. The average Bonchev–Trinajstić information content (AvgIpc) is 3.34. The van der Waals surface area contributed by atoms with Crippen molar-refractivity contribution in [2.24, 2.45) is 29.6 Å². The molecule has 0 radical (unpaired) electrons. The molecule has 5 nitrogen and oxygen atoms in total. The van der Waals surface area contributed by atoms with Crippen molar-refractivity contribution >= 4 is 5.97 Å². The normalized spacial score (nSPS) is 43.7. The molecule has 1 heterocycles.